The first-order chi connectivity index (χ1) is 11.5. The number of carbonyl (C=O) groups excluding carboxylic acids is 1. The summed E-state index contributed by atoms with van der Waals surface area (Å²) in [5.41, 5.74) is 7.66. The van der Waals surface area contributed by atoms with Crippen LogP contribution >= 0.6 is 47.8 Å². The minimum atomic E-state index is 0. The van der Waals surface area contributed by atoms with Gasteiger partial charge in [0, 0.05) is 29.7 Å². The van der Waals surface area contributed by atoms with E-state index in [1.165, 1.54) is 11.3 Å². The average molecular weight is 437 g/mol. The molecular formula is C18H24Cl3N3OS. The summed E-state index contributed by atoms with van der Waals surface area (Å²) < 4.78 is 0. The van der Waals surface area contributed by atoms with Crippen molar-refractivity contribution in [1.29, 1.82) is 0 Å². The molecule has 1 aromatic carbocycles. The molecule has 0 spiro atoms. The number of hydrogen-bond acceptors (Lipinski definition) is 4. The molecule has 0 bridgehead atoms. The maximum atomic E-state index is 13.0. The Morgan fingerprint density at radius 3 is 2.62 bits per heavy atom. The number of halogens is 3. The van der Waals surface area contributed by atoms with Gasteiger partial charge in [0.1, 0.15) is 9.88 Å². The van der Waals surface area contributed by atoms with Gasteiger partial charge in [-0.15, -0.1) is 36.2 Å². The second-order valence-corrected chi connectivity index (χ2v) is 7.89. The van der Waals surface area contributed by atoms with Crippen molar-refractivity contribution in [2.75, 3.05) is 13.1 Å². The molecule has 8 heteroatoms. The van der Waals surface area contributed by atoms with Crippen LogP contribution in [0.2, 0.25) is 5.02 Å². The van der Waals surface area contributed by atoms with E-state index < -0.39 is 0 Å². The summed E-state index contributed by atoms with van der Waals surface area (Å²) in [4.78, 5) is 20.3. The molecule has 1 fully saturated rings. The topological polar surface area (TPSA) is 59.2 Å². The first-order valence-corrected chi connectivity index (χ1v) is 9.43. The van der Waals surface area contributed by atoms with Gasteiger partial charge in [0.2, 0.25) is 0 Å². The van der Waals surface area contributed by atoms with Crippen molar-refractivity contribution in [2.24, 2.45) is 11.7 Å². The predicted molar refractivity (Wildman–Crippen MR) is 114 cm³/mol. The van der Waals surface area contributed by atoms with E-state index in [-0.39, 0.29) is 36.8 Å². The quantitative estimate of drug-likeness (QED) is 0.750. The van der Waals surface area contributed by atoms with E-state index in [0.717, 1.165) is 35.7 Å². The minimum absolute atomic E-state index is 0. The number of benzene rings is 1. The minimum Gasteiger partial charge on any atom is -0.334 e. The van der Waals surface area contributed by atoms with E-state index in [4.69, 9.17) is 17.3 Å². The smallest absolute Gasteiger partial charge is 0.266 e. The Bertz CT molecular complexity index is 736. The maximum absolute atomic E-state index is 13.0. The molecule has 144 valence electrons. The van der Waals surface area contributed by atoms with E-state index in [1.807, 2.05) is 36.1 Å². The number of nitrogens with two attached hydrogens (primary N) is 1. The van der Waals surface area contributed by atoms with Crippen LogP contribution in [0.25, 0.3) is 10.6 Å². The number of aromatic nitrogens is 1. The van der Waals surface area contributed by atoms with Gasteiger partial charge in [0.15, 0.2) is 0 Å². The van der Waals surface area contributed by atoms with Gasteiger partial charge >= 0.3 is 0 Å². The Kier molecular flexibility index (Phi) is 8.83. The van der Waals surface area contributed by atoms with E-state index in [1.54, 1.807) is 0 Å². The first-order valence-electron chi connectivity index (χ1n) is 8.24. The molecule has 3 rings (SSSR count). The largest absolute Gasteiger partial charge is 0.334 e. The number of amides is 1. The van der Waals surface area contributed by atoms with Crippen molar-refractivity contribution < 1.29 is 4.79 Å². The first kappa shape index (κ1) is 23.2. The van der Waals surface area contributed by atoms with Crippen LogP contribution in [0.4, 0.5) is 0 Å². The van der Waals surface area contributed by atoms with Crippen LogP contribution in [0.5, 0.6) is 0 Å². The molecule has 1 saturated heterocycles. The number of hydrogen-bond donors (Lipinski definition) is 1. The van der Waals surface area contributed by atoms with Crippen molar-refractivity contribution in [3.8, 4) is 10.6 Å². The third kappa shape index (κ3) is 4.90. The van der Waals surface area contributed by atoms with Crippen LogP contribution in [-0.2, 0) is 0 Å². The van der Waals surface area contributed by atoms with Crippen LogP contribution < -0.4 is 5.73 Å². The number of aryl methyl sites for hydroxylation is 1. The fourth-order valence-corrected chi connectivity index (χ4v) is 4.34. The van der Waals surface area contributed by atoms with Crippen LogP contribution in [0, 0.1) is 12.8 Å². The van der Waals surface area contributed by atoms with Gasteiger partial charge in [-0.3, -0.25) is 4.79 Å². The fourth-order valence-electron chi connectivity index (χ4n) is 3.18. The Morgan fingerprint density at radius 1 is 1.35 bits per heavy atom. The van der Waals surface area contributed by atoms with Gasteiger partial charge in [0.25, 0.3) is 5.91 Å². The van der Waals surface area contributed by atoms with E-state index in [9.17, 15) is 4.79 Å². The van der Waals surface area contributed by atoms with Crippen molar-refractivity contribution in [1.82, 2.24) is 9.88 Å². The molecule has 2 aromatic rings. The monoisotopic (exact) mass is 435 g/mol. The molecule has 1 amide bonds. The lowest BCUT2D eigenvalue weighted by atomic mass is 9.92. The number of nitrogens with zero attached hydrogens (tertiary/aromatic N) is 2. The molecular weight excluding hydrogens is 413 g/mol. The van der Waals surface area contributed by atoms with Crippen molar-refractivity contribution in [3.63, 3.8) is 0 Å². The summed E-state index contributed by atoms with van der Waals surface area (Å²) in [5, 5.41) is 1.54. The molecule has 2 heterocycles. The zero-order valence-electron chi connectivity index (χ0n) is 14.8. The fraction of sp³-hybridized carbons (Fsp3) is 0.444. The highest BCUT2D eigenvalue weighted by atomic mass is 35.5. The van der Waals surface area contributed by atoms with Crippen LogP contribution in [-0.4, -0.2) is 34.9 Å². The number of piperidine rings is 1. The number of thiazole rings is 1. The van der Waals surface area contributed by atoms with Crippen LogP contribution in [0.3, 0.4) is 0 Å². The molecule has 1 aromatic heterocycles. The lowest BCUT2D eigenvalue weighted by Crippen LogP contribution is -2.49. The highest BCUT2D eigenvalue weighted by Crippen LogP contribution is 2.31. The predicted octanol–water partition coefficient (Wildman–Crippen LogP) is 4.81. The van der Waals surface area contributed by atoms with Crippen molar-refractivity contribution >= 4 is 53.7 Å². The molecule has 1 aliphatic heterocycles. The Hall–Kier alpha value is -0.850. The third-order valence-corrected chi connectivity index (χ3v) is 6.04. The average Bonchev–Trinajstić information content (AvgIpc) is 2.96. The maximum Gasteiger partial charge on any atom is 0.266 e. The zero-order chi connectivity index (χ0) is 17.3. The van der Waals surface area contributed by atoms with Crippen molar-refractivity contribution in [3.05, 3.63) is 39.9 Å². The summed E-state index contributed by atoms with van der Waals surface area (Å²) in [7, 11) is 0. The van der Waals surface area contributed by atoms with Gasteiger partial charge < -0.3 is 10.6 Å². The van der Waals surface area contributed by atoms with Gasteiger partial charge in [-0.05, 0) is 37.8 Å². The Labute approximate surface area is 175 Å². The molecule has 4 nitrogen and oxygen atoms in total. The Balaban J connectivity index is 0.00000169. The van der Waals surface area contributed by atoms with Gasteiger partial charge in [-0.1, -0.05) is 30.7 Å². The summed E-state index contributed by atoms with van der Waals surface area (Å²) in [5.74, 6) is 0.683. The van der Waals surface area contributed by atoms with Gasteiger partial charge in [-0.2, -0.15) is 0 Å². The summed E-state index contributed by atoms with van der Waals surface area (Å²) >= 11 is 7.39. The number of likely N-dealkylation sites (tertiary alicyclic amines) is 1. The summed E-state index contributed by atoms with van der Waals surface area (Å²) in [6.07, 6.45) is 2.01. The molecule has 2 N–H and O–H groups in total. The molecule has 2 unspecified atom stereocenters. The molecule has 1 aliphatic rings. The highest BCUT2D eigenvalue weighted by molar-refractivity contribution is 7.17. The number of rotatable bonds is 3. The molecule has 2 atom stereocenters. The molecule has 0 radical (unpaired) electrons. The highest BCUT2D eigenvalue weighted by Gasteiger charge is 2.31. The Morgan fingerprint density at radius 2 is 2.00 bits per heavy atom. The summed E-state index contributed by atoms with van der Waals surface area (Å²) in [6.45, 7) is 5.40. The summed E-state index contributed by atoms with van der Waals surface area (Å²) in [6, 6.07) is 7.67. The third-order valence-electron chi connectivity index (χ3n) is 4.59. The van der Waals surface area contributed by atoms with Gasteiger partial charge in [0.05, 0.1) is 5.69 Å². The molecule has 26 heavy (non-hydrogen) atoms. The molecule has 0 saturated carbocycles. The SMILES string of the molecule is Cc1nc(-c2ccc(Cl)cc2)sc1C(=O)N1CCC(C)CC1CN.Cl.Cl. The van der Waals surface area contributed by atoms with Crippen LogP contribution in [0.1, 0.15) is 35.1 Å². The number of carbonyl (C=O) groups is 1. The van der Waals surface area contributed by atoms with E-state index in [0.29, 0.717) is 22.4 Å². The molecule has 0 aliphatic carbocycles. The van der Waals surface area contributed by atoms with E-state index in [2.05, 4.69) is 11.9 Å². The second kappa shape index (κ2) is 9.90. The zero-order valence-corrected chi connectivity index (χ0v) is 18.0. The van der Waals surface area contributed by atoms with E-state index >= 15 is 0 Å². The standard InChI is InChI=1S/C18H22ClN3OS.2ClH/c1-11-7-8-22(15(9-11)10-20)18(23)16-12(2)21-17(24-16)13-3-5-14(19)6-4-13;;/h3-6,11,15H,7-10,20H2,1-2H3;2*1H. The lowest BCUT2D eigenvalue weighted by molar-refractivity contribution is 0.0577. The van der Waals surface area contributed by atoms with Gasteiger partial charge in [-0.25, -0.2) is 4.98 Å². The second-order valence-electron chi connectivity index (χ2n) is 6.46. The van der Waals surface area contributed by atoms with Crippen molar-refractivity contribution in [2.45, 2.75) is 32.7 Å². The van der Waals surface area contributed by atoms with Crippen LogP contribution in [0.15, 0.2) is 24.3 Å². The normalized spacial score (nSPS) is 19.5. The lowest BCUT2D eigenvalue weighted by Gasteiger charge is -2.37.